The van der Waals surface area contributed by atoms with Crippen LogP contribution in [-0.2, 0) is 11.3 Å². The van der Waals surface area contributed by atoms with Gasteiger partial charge in [0.2, 0.25) is 0 Å². The average Bonchev–Trinajstić information content (AvgIpc) is 2.57. The van der Waals surface area contributed by atoms with Crippen LogP contribution in [0.15, 0.2) is 29.3 Å². The minimum atomic E-state index is -2.81. The smallest absolute Gasteiger partial charge is 0.387 e. The van der Waals surface area contributed by atoms with E-state index in [0.717, 1.165) is 31.2 Å². The molecule has 0 aliphatic carbocycles. The molecule has 0 amide bonds. The van der Waals surface area contributed by atoms with Crippen molar-refractivity contribution in [3.8, 4) is 5.75 Å². The number of rotatable bonds is 6. The van der Waals surface area contributed by atoms with Crippen molar-refractivity contribution in [3.05, 3.63) is 29.8 Å². The number of likely N-dealkylation sites (N-methyl/N-ethyl adjacent to an activating group) is 1. The average molecular weight is 484 g/mol. The standard InChI is InChI=1S/C17H26F2N4O2.HI/c1-20-17(21-10-15-12-22(2)8-9-24-15)23(3)11-13-4-6-14(7-5-13)25-16(18)19;/h4-7,15-16H,8-12H2,1-3H3,(H,20,21);1H. The van der Waals surface area contributed by atoms with Gasteiger partial charge in [-0.2, -0.15) is 8.78 Å². The molecule has 1 fully saturated rings. The maximum Gasteiger partial charge on any atom is 0.387 e. The molecule has 1 N–H and O–H groups in total. The molecular formula is C17H27F2IN4O2. The van der Waals surface area contributed by atoms with Crippen LogP contribution in [0.1, 0.15) is 5.56 Å². The summed E-state index contributed by atoms with van der Waals surface area (Å²) < 4.78 is 34.4. The molecule has 26 heavy (non-hydrogen) atoms. The number of alkyl halides is 2. The molecule has 1 saturated heterocycles. The maximum absolute atomic E-state index is 12.2. The normalized spacial score (nSPS) is 18.4. The highest BCUT2D eigenvalue weighted by molar-refractivity contribution is 14.0. The Bertz CT molecular complexity index is 560. The number of hydrogen-bond donors (Lipinski definition) is 1. The van der Waals surface area contributed by atoms with Gasteiger partial charge in [0.1, 0.15) is 5.75 Å². The molecule has 0 radical (unpaired) electrons. The van der Waals surface area contributed by atoms with Crippen molar-refractivity contribution in [1.29, 1.82) is 0 Å². The Hall–Kier alpha value is -1.20. The van der Waals surface area contributed by atoms with E-state index in [1.165, 1.54) is 12.1 Å². The van der Waals surface area contributed by atoms with Crippen LogP contribution in [0.3, 0.4) is 0 Å². The van der Waals surface area contributed by atoms with Crippen molar-refractivity contribution in [3.63, 3.8) is 0 Å². The predicted molar refractivity (Wildman–Crippen MR) is 109 cm³/mol. The monoisotopic (exact) mass is 484 g/mol. The largest absolute Gasteiger partial charge is 0.435 e. The van der Waals surface area contributed by atoms with Gasteiger partial charge in [-0.3, -0.25) is 4.99 Å². The highest BCUT2D eigenvalue weighted by atomic mass is 127. The molecule has 1 aromatic carbocycles. The number of hydrogen-bond acceptors (Lipinski definition) is 4. The molecule has 0 aromatic heterocycles. The molecule has 148 valence electrons. The van der Waals surface area contributed by atoms with Gasteiger partial charge in [-0.25, -0.2) is 0 Å². The van der Waals surface area contributed by atoms with Gasteiger partial charge >= 0.3 is 6.61 Å². The number of halogens is 3. The van der Waals surface area contributed by atoms with E-state index in [1.54, 1.807) is 19.2 Å². The number of nitrogens with one attached hydrogen (secondary N) is 1. The summed E-state index contributed by atoms with van der Waals surface area (Å²) in [5.41, 5.74) is 0.973. The van der Waals surface area contributed by atoms with Crippen molar-refractivity contribution in [1.82, 2.24) is 15.1 Å². The molecule has 1 aliphatic rings. The zero-order valence-corrected chi connectivity index (χ0v) is 17.7. The van der Waals surface area contributed by atoms with Gasteiger partial charge in [-0.05, 0) is 24.7 Å². The molecular weight excluding hydrogens is 457 g/mol. The van der Waals surface area contributed by atoms with E-state index in [9.17, 15) is 8.78 Å². The first-order chi connectivity index (χ1) is 12.0. The summed E-state index contributed by atoms with van der Waals surface area (Å²) in [6.45, 7) is 1.06. The second-order valence-corrected chi connectivity index (χ2v) is 6.06. The Morgan fingerprint density at radius 1 is 1.42 bits per heavy atom. The molecule has 1 aromatic rings. The summed E-state index contributed by atoms with van der Waals surface area (Å²) in [5.74, 6) is 0.909. The van der Waals surface area contributed by atoms with E-state index in [4.69, 9.17) is 4.74 Å². The number of guanidine groups is 1. The van der Waals surface area contributed by atoms with Crippen LogP contribution in [-0.4, -0.2) is 75.9 Å². The van der Waals surface area contributed by atoms with Crippen LogP contribution < -0.4 is 10.1 Å². The van der Waals surface area contributed by atoms with Crippen molar-refractivity contribution in [2.24, 2.45) is 4.99 Å². The van der Waals surface area contributed by atoms with Crippen LogP contribution in [0.25, 0.3) is 0 Å². The molecule has 2 rings (SSSR count). The lowest BCUT2D eigenvalue weighted by molar-refractivity contribution is -0.0498. The van der Waals surface area contributed by atoms with E-state index >= 15 is 0 Å². The third-order valence-electron chi connectivity index (χ3n) is 3.97. The van der Waals surface area contributed by atoms with Crippen LogP contribution >= 0.6 is 24.0 Å². The summed E-state index contributed by atoms with van der Waals surface area (Å²) in [5, 5.41) is 3.32. The number of benzene rings is 1. The van der Waals surface area contributed by atoms with Gasteiger partial charge in [-0.1, -0.05) is 12.1 Å². The SMILES string of the molecule is CN=C(NCC1CN(C)CCO1)N(C)Cc1ccc(OC(F)F)cc1.I. The van der Waals surface area contributed by atoms with E-state index in [2.05, 4.69) is 27.0 Å². The Kier molecular flexibility index (Phi) is 10.1. The van der Waals surface area contributed by atoms with Gasteiger partial charge in [0.25, 0.3) is 0 Å². The second-order valence-electron chi connectivity index (χ2n) is 6.06. The van der Waals surface area contributed by atoms with E-state index in [0.29, 0.717) is 13.1 Å². The first kappa shape index (κ1) is 22.8. The number of morpholine rings is 1. The molecule has 1 heterocycles. The molecule has 1 unspecified atom stereocenters. The summed E-state index contributed by atoms with van der Waals surface area (Å²) in [7, 11) is 5.73. The van der Waals surface area contributed by atoms with Gasteiger partial charge in [0.15, 0.2) is 5.96 Å². The Balaban J connectivity index is 0.00000338. The highest BCUT2D eigenvalue weighted by Gasteiger charge is 2.18. The van der Waals surface area contributed by atoms with E-state index in [-0.39, 0.29) is 35.8 Å². The first-order valence-electron chi connectivity index (χ1n) is 8.23. The van der Waals surface area contributed by atoms with Gasteiger partial charge < -0.3 is 24.6 Å². The number of ether oxygens (including phenoxy) is 2. The summed E-state index contributed by atoms with van der Waals surface area (Å²) >= 11 is 0. The van der Waals surface area contributed by atoms with Crippen molar-refractivity contribution < 1.29 is 18.3 Å². The molecule has 1 atom stereocenters. The van der Waals surface area contributed by atoms with Gasteiger partial charge in [0, 0.05) is 40.3 Å². The maximum atomic E-state index is 12.2. The topological polar surface area (TPSA) is 49.3 Å². The van der Waals surface area contributed by atoms with Crippen molar-refractivity contribution >= 4 is 29.9 Å². The van der Waals surface area contributed by atoms with E-state index < -0.39 is 6.61 Å². The van der Waals surface area contributed by atoms with Crippen LogP contribution in [0.4, 0.5) is 8.78 Å². The quantitative estimate of drug-likeness (QED) is 0.382. The molecule has 1 aliphatic heterocycles. The van der Waals surface area contributed by atoms with E-state index in [1.807, 2.05) is 11.9 Å². The zero-order valence-electron chi connectivity index (χ0n) is 15.3. The minimum absolute atomic E-state index is 0. The van der Waals surface area contributed by atoms with Crippen LogP contribution in [0.2, 0.25) is 0 Å². The molecule has 0 bridgehead atoms. The number of aliphatic imine (C=N–C) groups is 1. The Morgan fingerprint density at radius 3 is 2.69 bits per heavy atom. The Labute approximate surface area is 170 Å². The fourth-order valence-electron chi connectivity index (χ4n) is 2.71. The van der Waals surface area contributed by atoms with Gasteiger partial charge in [0.05, 0.1) is 12.7 Å². The summed E-state index contributed by atoms with van der Waals surface area (Å²) in [6, 6.07) is 6.61. The summed E-state index contributed by atoms with van der Waals surface area (Å²) in [6.07, 6.45) is 0.134. The molecule has 6 nitrogen and oxygen atoms in total. The van der Waals surface area contributed by atoms with Gasteiger partial charge in [-0.15, -0.1) is 24.0 Å². The van der Waals surface area contributed by atoms with Crippen LogP contribution in [0.5, 0.6) is 5.75 Å². The fourth-order valence-corrected chi connectivity index (χ4v) is 2.71. The first-order valence-corrected chi connectivity index (χ1v) is 8.23. The van der Waals surface area contributed by atoms with Crippen molar-refractivity contribution in [2.75, 3.05) is 47.4 Å². The van der Waals surface area contributed by atoms with Crippen molar-refractivity contribution in [2.45, 2.75) is 19.3 Å². The lowest BCUT2D eigenvalue weighted by Gasteiger charge is -2.31. The fraction of sp³-hybridized carbons (Fsp3) is 0.588. The Morgan fingerprint density at radius 2 is 2.12 bits per heavy atom. The minimum Gasteiger partial charge on any atom is -0.435 e. The number of nitrogens with zero attached hydrogens (tertiary/aromatic N) is 3. The highest BCUT2D eigenvalue weighted by Crippen LogP contribution is 2.15. The zero-order chi connectivity index (χ0) is 18.2. The predicted octanol–water partition coefficient (Wildman–Crippen LogP) is 2.24. The molecule has 0 spiro atoms. The lowest BCUT2D eigenvalue weighted by atomic mass is 10.2. The lowest BCUT2D eigenvalue weighted by Crippen LogP contribution is -2.48. The molecule has 0 saturated carbocycles. The third-order valence-corrected chi connectivity index (χ3v) is 3.97. The van der Waals surface area contributed by atoms with Crippen LogP contribution in [0, 0.1) is 0 Å². The summed E-state index contributed by atoms with van der Waals surface area (Å²) in [4.78, 5) is 8.49. The molecule has 9 heteroatoms. The second kappa shape index (κ2) is 11.5. The third kappa shape index (κ3) is 7.58.